The highest BCUT2D eigenvalue weighted by Gasteiger charge is 2.36. The lowest BCUT2D eigenvalue weighted by Gasteiger charge is -2.17. The molecule has 1 fully saturated rings. The fourth-order valence-electron chi connectivity index (χ4n) is 1.19. The van der Waals surface area contributed by atoms with Crippen molar-refractivity contribution in [3.05, 3.63) is 12.2 Å². The number of hydrogen-bond donors (Lipinski definition) is 1. The van der Waals surface area contributed by atoms with E-state index < -0.39 is 18.1 Å². The molecule has 2 unspecified atom stereocenters. The number of alkyl halides is 1. The molecule has 1 heterocycles. The molecule has 0 radical (unpaired) electrons. The first kappa shape index (κ1) is 10.6. The summed E-state index contributed by atoms with van der Waals surface area (Å²) in [6, 6.07) is 0. The van der Waals surface area contributed by atoms with Crippen LogP contribution in [0.15, 0.2) is 12.2 Å². The van der Waals surface area contributed by atoms with E-state index in [1.807, 2.05) is 0 Å². The van der Waals surface area contributed by atoms with Gasteiger partial charge in [-0.2, -0.15) is 0 Å². The van der Waals surface area contributed by atoms with Gasteiger partial charge in [-0.1, -0.05) is 6.08 Å². The number of ether oxygens (including phenoxy) is 2. The lowest BCUT2D eigenvalue weighted by Crippen LogP contribution is -2.26. The van der Waals surface area contributed by atoms with Gasteiger partial charge in [0.05, 0.1) is 13.2 Å². The summed E-state index contributed by atoms with van der Waals surface area (Å²) >= 11 is 0. The topological polar surface area (TPSA) is 38.7 Å². The Morgan fingerprint density at radius 3 is 2.85 bits per heavy atom. The van der Waals surface area contributed by atoms with Crippen molar-refractivity contribution in [1.29, 1.82) is 0 Å². The van der Waals surface area contributed by atoms with Crippen LogP contribution in [0.1, 0.15) is 13.8 Å². The van der Waals surface area contributed by atoms with Gasteiger partial charge in [-0.15, -0.1) is 0 Å². The van der Waals surface area contributed by atoms with Crippen molar-refractivity contribution in [1.82, 2.24) is 0 Å². The van der Waals surface area contributed by atoms with Crippen LogP contribution < -0.4 is 0 Å². The molecule has 2 atom stereocenters. The van der Waals surface area contributed by atoms with E-state index in [0.717, 1.165) is 0 Å². The molecule has 76 valence electrons. The van der Waals surface area contributed by atoms with E-state index in [1.165, 1.54) is 12.2 Å². The van der Waals surface area contributed by atoms with Crippen LogP contribution in [-0.2, 0) is 9.47 Å². The summed E-state index contributed by atoms with van der Waals surface area (Å²) in [5.41, 5.74) is 0. The predicted molar refractivity (Wildman–Crippen MR) is 46.0 cm³/mol. The zero-order valence-electron chi connectivity index (χ0n) is 7.87. The Balaban J connectivity index is 2.42. The molecule has 0 spiro atoms. The summed E-state index contributed by atoms with van der Waals surface area (Å²) in [5.74, 6) is -0.692. The average molecular weight is 190 g/mol. The van der Waals surface area contributed by atoms with E-state index >= 15 is 0 Å². The van der Waals surface area contributed by atoms with Gasteiger partial charge >= 0.3 is 0 Å². The van der Waals surface area contributed by atoms with E-state index in [9.17, 15) is 4.39 Å². The third kappa shape index (κ3) is 3.06. The molecular weight excluding hydrogens is 175 g/mol. The van der Waals surface area contributed by atoms with E-state index in [2.05, 4.69) is 0 Å². The van der Waals surface area contributed by atoms with Crippen LogP contribution in [0.25, 0.3) is 0 Å². The largest absolute Gasteiger partial charge is 0.392 e. The van der Waals surface area contributed by atoms with Crippen LogP contribution >= 0.6 is 0 Å². The number of halogens is 1. The van der Waals surface area contributed by atoms with Crippen LogP contribution in [0, 0.1) is 0 Å². The highest BCUT2D eigenvalue weighted by Crippen LogP contribution is 2.25. The molecule has 0 aromatic rings. The van der Waals surface area contributed by atoms with Gasteiger partial charge in [-0.25, -0.2) is 4.39 Å². The molecule has 1 saturated heterocycles. The lowest BCUT2D eigenvalue weighted by atomic mass is 10.2. The van der Waals surface area contributed by atoms with Gasteiger partial charge in [-0.3, -0.25) is 0 Å². The fraction of sp³-hybridized carbons (Fsp3) is 0.778. The zero-order chi connectivity index (χ0) is 9.90. The monoisotopic (exact) mass is 190 g/mol. The molecule has 4 heteroatoms. The number of aliphatic hydroxyl groups is 1. The van der Waals surface area contributed by atoms with Crippen LogP contribution in [-0.4, -0.2) is 36.4 Å². The van der Waals surface area contributed by atoms with Crippen LogP contribution in [0.2, 0.25) is 0 Å². The summed E-state index contributed by atoms with van der Waals surface area (Å²) < 4.78 is 23.7. The molecule has 0 amide bonds. The maximum atomic E-state index is 13.2. The highest BCUT2D eigenvalue weighted by atomic mass is 19.1. The summed E-state index contributed by atoms with van der Waals surface area (Å²) in [4.78, 5) is 0. The number of aliphatic hydroxyl groups excluding tert-OH is 1. The molecule has 1 aliphatic heterocycles. The second kappa shape index (κ2) is 4.17. The second-order valence-corrected chi connectivity index (χ2v) is 3.42. The van der Waals surface area contributed by atoms with Gasteiger partial charge in [-0.05, 0) is 19.9 Å². The van der Waals surface area contributed by atoms with Gasteiger partial charge < -0.3 is 14.6 Å². The average Bonchev–Trinajstić information content (AvgIpc) is 2.42. The molecule has 0 aromatic heterocycles. The van der Waals surface area contributed by atoms with Gasteiger partial charge in [0.1, 0.15) is 12.3 Å². The molecule has 0 aliphatic carbocycles. The SMILES string of the molecule is CC1(C)OCC(C(F)/C=C/CO)O1. The van der Waals surface area contributed by atoms with Crippen molar-refractivity contribution in [2.45, 2.75) is 31.9 Å². The standard InChI is InChI=1S/C9H15FO3/c1-9(2)12-6-8(13-9)7(10)4-3-5-11/h3-4,7-8,11H,5-6H2,1-2H3/b4-3+. The quantitative estimate of drug-likeness (QED) is 0.675. The molecule has 3 nitrogen and oxygen atoms in total. The normalized spacial score (nSPS) is 29.7. The van der Waals surface area contributed by atoms with Crippen molar-refractivity contribution in [2.75, 3.05) is 13.2 Å². The minimum Gasteiger partial charge on any atom is -0.392 e. The molecular formula is C9H15FO3. The third-order valence-corrected chi connectivity index (χ3v) is 1.81. The molecule has 0 saturated carbocycles. The summed E-state index contributed by atoms with van der Waals surface area (Å²) in [5, 5.41) is 8.44. The van der Waals surface area contributed by atoms with Gasteiger partial charge in [0.15, 0.2) is 5.79 Å². The second-order valence-electron chi connectivity index (χ2n) is 3.42. The van der Waals surface area contributed by atoms with Crippen LogP contribution in [0.3, 0.4) is 0 Å². The molecule has 1 N–H and O–H groups in total. The Morgan fingerprint density at radius 2 is 2.38 bits per heavy atom. The van der Waals surface area contributed by atoms with E-state index in [-0.39, 0.29) is 13.2 Å². The first-order valence-corrected chi connectivity index (χ1v) is 4.28. The molecule has 0 bridgehead atoms. The van der Waals surface area contributed by atoms with Gasteiger partial charge in [0.25, 0.3) is 0 Å². The Bertz CT molecular complexity index is 191. The molecule has 13 heavy (non-hydrogen) atoms. The van der Waals surface area contributed by atoms with Crippen molar-refractivity contribution >= 4 is 0 Å². The van der Waals surface area contributed by atoms with Crippen LogP contribution in [0.5, 0.6) is 0 Å². The van der Waals surface area contributed by atoms with E-state index in [0.29, 0.717) is 0 Å². The first-order chi connectivity index (χ1) is 6.05. The Morgan fingerprint density at radius 1 is 1.69 bits per heavy atom. The summed E-state index contributed by atoms with van der Waals surface area (Å²) in [6.07, 6.45) is 0.876. The third-order valence-electron chi connectivity index (χ3n) is 1.81. The predicted octanol–water partition coefficient (Wildman–Crippen LogP) is 1.02. The van der Waals surface area contributed by atoms with Crippen molar-refractivity contribution < 1.29 is 19.0 Å². The van der Waals surface area contributed by atoms with Crippen LogP contribution in [0.4, 0.5) is 4.39 Å². The zero-order valence-corrected chi connectivity index (χ0v) is 7.87. The minimum atomic E-state index is -1.21. The van der Waals surface area contributed by atoms with Gasteiger partial charge in [0.2, 0.25) is 0 Å². The maximum absolute atomic E-state index is 13.2. The summed E-state index contributed by atoms with van der Waals surface area (Å²) in [6.45, 7) is 3.59. The van der Waals surface area contributed by atoms with Crippen molar-refractivity contribution in [3.8, 4) is 0 Å². The fourth-order valence-corrected chi connectivity index (χ4v) is 1.19. The number of rotatable bonds is 3. The Kier molecular flexibility index (Phi) is 3.41. The smallest absolute Gasteiger partial charge is 0.163 e. The lowest BCUT2D eigenvalue weighted by molar-refractivity contribution is -0.143. The molecule has 1 rings (SSSR count). The Hall–Kier alpha value is -0.450. The minimum absolute atomic E-state index is 0.155. The maximum Gasteiger partial charge on any atom is 0.163 e. The van der Waals surface area contributed by atoms with E-state index in [4.69, 9.17) is 14.6 Å². The van der Waals surface area contributed by atoms with Crippen molar-refractivity contribution in [2.24, 2.45) is 0 Å². The molecule has 1 aliphatic rings. The first-order valence-electron chi connectivity index (χ1n) is 4.28. The van der Waals surface area contributed by atoms with Gasteiger partial charge in [0, 0.05) is 0 Å². The Labute approximate surface area is 77.2 Å². The number of hydrogen-bond acceptors (Lipinski definition) is 3. The summed E-state index contributed by atoms with van der Waals surface area (Å²) in [7, 11) is 0. The molecule has 0 aromatic carbocycles. The highest BCUT2D eigenvalue weighted by molar-refractivity contribution is 4.94. The van der Waals surface area contributed by atoms with E-state index in [1.54, 1.807) is 13.8 Å². The van der Waals surface area contributed by atoms with Crippen molar-refractivity contribution in [3.63, 3.8) is 0 Å².